The number of rotatable bonds is 8. The van der Waals surface area contributed by atoms with E-state index in [0.29, 0.717) is 42.3 Å². The van der Waals surface area contributed by atoms with Crippen molar-refractivity contribution in [2.45, 2.75) is 49.1 Å². The maximum atomic E-state index is 13.3. The van der Waals surface area contributed by atoms with Crippen molar-refractivity contribution in [1.82, 2.24) is 28.7 Å². The summed E-state index contributed by atoms with van der Waals surface area (Å²) in [6.45, 7) is 5.40. The van der Waals surface area contributed by atoms with Crippen molar-refractivity contribution in [3.8, 4) is 0 Å². The molecule has 2 fully saturated rings. The molecule has 11 nitrogen and oxygen atoms in total. The molecule has 0 radical (unpaired) electrons. The molecule has 4 aromatic rings. The van der Waals surface area contributed by atoms with Gasteiger partial charge in [0.2, 0.25) is 16.0 Å². The molecule has 6 rings (SSSR count). The number of carbonyl (C=O) groups is 1. The highest BCUT2D eigenvalue weighted by atomic mass is 32.2. The van der Waals surface area contributed by atoms with Gasteiger partial charge in [-0.05, 0) is 101 Å². The Kier molecular flexibility index (Phi) is 8.55. The zero-order valence-electron chi connectivity index (χ0n) is 26.4. The van der Waals surface area contributed by atoms with Crippen molar-refractivity contribution in [1.29, 1.82) is 0 Å². The number of aromatic nitrogens is 3. The number of pyridine rings is 1. The van der Waals surface area contributed by atoms with Crippen molar-refractivity contribution in [3.63, 3.8) is 0 Å². The summed E-state index contributed by atoms with van der Waals surface area (Å²) in [4.78, 5) is 24.7. The summed E-state index contributed by atoms with van der Waals surface area (Å²) in [7, 11) is 2.10. The molecule has 0 atom stereocenters. The lowest BCUT2D eigenvalue weighted by atomic mass is 9.89. The Morgan fingerprint density at radius 1 is 0.933 bits per heavy atom. The van der Waals surface area contributed by atoms with Gasteiger partial charge in [-0.25, -0.2) is 12.9 Å². The molecular weight excluding hydrogens is 588 g/mol. The van der Waals surface area contributed by atoms with E-state index in [1.807, 2.05) is 67.5 Å². The highest BCUT2D eigenvalue weighted by Crippen LogP contribution is 2.35. The van der Waals surface area contributed by atoms with Crippen LogP contribution in [0.25, 0.3) is 5.65 Å². The Hall–Kier alpha value is -4.00. The molecule has 4 heterocycles. The minimum Gasteiger partial charge on any atom is -0.368 e. The first-order chi connectivity index (χ1) is 21.5. The van der Waals surface area contributed by atoms with Crippen LogP contribution in [0.2, 0.25) is 0 Å². The fourth-order valence-electron chi connectivity index (χ4n) is 6.35. The van der Waals surface area contributed by atoms with E-state index in [-0.39, 0.29) is 11.9 Å². The zero-order valence-corrected chi connectivity index (χ0v) is 27.2. The number of sulfonamides is 1. The smallest absolute Gasteiger partial charge is 0.253 e. The Balaban J connectivity index is 1.12. The Morgan fingerprint density at radius 3 is 2.27 bits per heavy atom. The normalized spacial score (nSPS) is 17.9. The number of hydrogen-bond donors (Lipinski definition) is 1. The van der Waals surface area contributed by atoms with Crippen LogP contribution in [0.5, 0.6) is 0 Å². The maximum Gasteiger partial charge on any atom is 0.253 e. The summed E-state index contributed by atoms with van der Waals surface area (Å²) in [6.07, 6.45) is 5.20. The minimum absolute atomic E-state index is 0.0353. The first kappa shape index (κ1) is 31.0. The van der Waals surface area contributed by atoms with E-state index in [2.05, 4.69) is 27.3 Å². The van der Waals surface area contributed by atoms with Crippen LogP contribution >= 0.6 is 0 Å². The molecule has 0 saturated carbocycles. The summed E-state index contributed by atoms with van der Waals surface area (Å²) in [5, 5.41) is 7.92. The number of carbonyl (C=O) groups excluding carboxylic acids is 1. The maximum absolute atomic E-state index is 13.3. The number of anilines is 3. The average Bonchev–Trinajstić information content (AvgIpc) is 3.48. The molecule has 0 unspecified atom stereocenters. The summed E-state index contributed by atoms with van der Waals surface area (Å²) in [5.41, 5.74) is 2.62. The second-order valence-corrected chi connectivity index (χ2v) is 14.5. The lowest BCUT2D eigenvalue weighted by Crippen LogP contribution is -2.54. The van der Waals surface area contributed by atoms with Crippen LogP contribution in [0.1, 0.15) is 43.0 Å². The third-order valence-corrected chi connectivity index (χ3v) is 11.7. The molecule has 0 aliphatic carbocycles. The van der Waals surface area contributed by atoms with Gasteiger partial charge in [0.05, 0.1) is 10.6 Å². The lowest BCUT2D eigenvalue weighted by Gasteiger charge is -2.45. The van der Waals surface area contributed by atoms with E-state index in [0.717, 1.165) is 43.0 Å². The Labute approximate surface area is 265 Å². The van der Waals surface area contributed by atoms with E-state index in [4.69, 9.17) is 4.98 Å². The molecule has 12 heteroatoms. The number of benzene rings is 2. The SMILES string of the molecule is CN1CCC(N(C)C(=O)c2ccc(Nc3nc4c(N5CCC(C)(N(C)S(=O)(=O)c6ccccc6)CC5)cccn4n3)cc2)CC1. The van der Waals surface area contributed by atoms with Gasteiger partial charge >= 0.3 is 0 Å². The van der Waals surface area contributed by atoms with Gasteiger partial charge in [-0.1, -0.05) is 18.2 Å². The lowest BCUT2D eigenvalue weighted by molar-refractivity contribution is 0.0659. The predicted molar refractivity (Wildman–Crippen MR) is 177 cm³/mol. The molecule has 1 N–H and O–H groups in total. The summed E-state index contributed by atoms with van der Waals surface area (Å²) in [5.74, 6) is 0.494. The second-order valence-electron chi connectivity index (χ2n) is 12.5. The highest BCUT2D eigenvalue weighted by Gasteiger charge is 2.40. The van der Waals surface area contributed by atoms with Gasteiger partial charge in [0.15, 0.2) is 5.65 Å². The van der Waals surface area contributed by atoms with Crippen molar-refractivity contribution in [3.05, 3.63) is 78.5 Å². The highest BCUT2D eigenvalue weighted by molar-refractivity contribution is 7.89. The van der Waals surface area contributed by atoms with E-state index < -0.39 is 15.6 Å². The van der Waals surface area contributed by atoms with Gasteiger partial charge in [-0.3, -0.25) is 4.79 Å². The monoisotopic (exact) mass is 630 g/mol. The van der Waals surface area contributed by atoms with E-state index in [1.54, 1.807) is 35.8 Å². The number of piperidine rings is 2. The molecule has 0 spiro atoms. The van der Waals surface area contributed by atoms with Gasteiger partial charge < -0.3 is 20.0 Å². The van der Waals surface area contributed by atoms with Gasteiger partial charge in [0, 0.05) is 56.2 Å². The fraction of sp³-hybridized carbons (Fsp3) is 0.424. The Morgan fingerprint density at radius 2 is 1.60 bits per heavy atom. The minimum atomic E-state index is -3.60. The largest absolute Gasteiger partial charge is 0.368 e. The van der Waals surface area contributed by atoms with Crippen LogP contribution in [0, 0.1) is 0 Å². The first-order valence-electron chi connectivity index (χ1n) is 15.5. The quantitative estimate of drug-likeness (QED) is 0.307. The third-order valence-electron chi connectivity index (χ3n) is 9.63. The molecule has 0 bridgehead atoms. The number of fused-ring (bicyclic) bond motifs is 1. The molecule has 238 valence electrons. The molecule has 2 aromatic heterocycles. The number of nitrogens with one attached hydrogen (secondary N) is 1. The molecule has 2 aromatic carbocycles. The van der Waals surface area contributed by atoms with Gasteiger partial charge in [0.25, 0.3) is 5.91 Å². The Bertz CT molecular complexity index is 1740. The van der Waals surface area contributed by atoms with Crippen LogP contribution in [0.3, 0.4) is 0 Å². The van der Waals surface area contributed by atoms with E-state index in [9.17, 15) is 13.2 Å². The van der Waals surface area contributed by atoms with Crippen molar-refractivity contribution >= 4 is 38.9 Å². The van der Waals surface area contributed by atoms with Crippen LogP contribution in [0.4, 0.5) is 17.3 Å². The number of amides is 1. The number of likely N-dealkylation sites (tertiary alicyclic amines) is 1. The zero-order chi connectivity index (χ0) is 31.8. The fourth-order valence-corrected chi connectivity index (χ4v) is 7.93. The summed E-state index contributed by atoms with van der Waals surface area (Å²) >= 11 is 0. The number of hydrogen-bond acceptors (Lipinski definition) is 8. The van der Waals surface area contributed by atoms with Crippen LogP contribution in [-0.4, -0.2) is 102 Å². The van der Waals surface area contributed by atoms with Gasteiger partial charge in [0.1, 0.15) is 0 Å². The molecule has 1 amide bonds. The number of nitrogens with zero attached hydrogens (tertiary/aromatic N) is 7. The molecule has 2 saturated heterocycles. The van der Waals surface area contributed by atoms with Gasteiger partial charge in [-0.2, -0.15) is 9.29 Å². The second kappa shape index (κ2) is 12.4. The van der Waals surface area contributed by atoms with E-state index >= 15 is 0 Å². The van der Waals surface area contributed by atoms with Crippen LogP contribution in [-0.2, 0) is 10.0 Å². The topological polar surface area (TPSA) is 106 Å². The average molecular weight is 631 g/mol. The first-order valence-corrected chi connectivity index (χ1v) is 17.0. The predicted octanol–water partition coefficient (Wildman–Crippen LogP) is 4.32. The molecule has 2 aliphatic rings. The molecular formula is C33H42N8O3S. The molecule has 2 aliphatic heterocycles. The summed E-state index contributed by atoms with van der Waals surface area (Å²) < 4.78 is 30.0. The van der Waals surface area contributed by atoms with E-state index in [1.165, 1.54) is 4.31 Å². The molecule has 45 heavy (non-hydrogen) atoms. The van der Waals surface area contributed by atoms with Gasteiger partial charge in [-0.15, -0.1) is 5.10 Å². The van der Waals surface area contributed by atoms with Crippen molar-refractivity contribution in [2.24, 2.45) is 0 Å². The summed E-state index contributed by atoms with van der Waals surface area (Å²) in [6, 6.07) is 20.3. The third kappa shape index (κ3) is 6.27. The van der Waals surface area contributed by atoms with Crippen LogP contribution in [0.15, 0.2) is 77.8 Å². The standard InChI is InChI=1S/C33H42N8O3S/c1-33(39(4)45(43,44)28-9-6-5-7-10-28)18-23-40(24-19-33)29-11-8-20-41-30(29)35-32(36-41)34-26-14-12-25(13-15-26)31(42)38(3)27-16-21-37(2)22-17-27/h5-15,20,27H,16-19,21-24H2,1-4H3,(H,34,36). The van der Waals surface area contributed by atoms with Crippen molar-refractivity contribution in [2.75, 3.05) is 57.5 Å². The van der Waals surface area contributed by atoms with Crippen molar-refractivity contribution < 1.29 is 13.2 Å². The van der Waals surface area contributed by atoms with Crippen LogP contribution < -0.4 is 10.2 Å².